The molecule has 6 heteroatoms. The van der Waals surface area contributed by atoms with Crippen molar-refractivity contribution < 1.29 is 0 Å². The van der Waals surface area contributed by atoms with Crippen molar-refractivity contribution in [2.24, 2.45) is 4.99 Å². The highest BCUT2D eigenvalue weighted by atomic mass is 79.9. The highest BCUT2D eigenvalue weighted by molar-refractivity contribution is 9.10. The number of aliphatic imine (C=N–C) groups is 1. The first-order chi connectivity index (χ1) is 12.7. The predicted octanol–water partition coefficient (Wildman–Crippen LogP) is 5.06. The summed E-state index contributed by atoms with van der Waals surface area (Å²) < 4.78 is 3.23. The third kappa shape index (κ3) is 2.91. The van der Waals surface area contributed by atoms with Crippen LogP contribution in [0, 0.1) is 0 Å². The summed E-state index contributed by atoms with van der Waals surface area (Å²) in [7, 11) is 0. The van der Waals surface area contributed by atoms with Crippen LogP contribution in [0.1, 0.15) is 36.6 Å². The summed E-state index contributed by atoms with van der Waals surface area (Å²) in [5.74, 6) is 2.88. The molecule has 2 aromatic carbocycles. The number of aromatic nitrogens is 3. The minimum absolute atomic E-state index is 0.522. The second-order valence-electron chi connectivity index (χ2n) is 5.95. The Kier molecular flexibility index (Phi) is 4.96. The number of aryl methyl sites for hydroxylation is 1. The van der Waals surface area contributed by atoms with Crippen LogP contribution in [0.5, 0.6) is 0 Å². The Morgan fingerprint density at radius 1 is 1.08 bits per heavy atom. The van der Waals surface area contributed by atoms with Crippen LogP contribution in [-0.4, -0.2) is 26.2 Å². The lowest BCUT2D eigenvalue weighted by Crippen LogP contribution is -2.11. The van der Waals surface area contributed by atoms with Gasteiger partial charge in [0.05, 0.1) is 11.4 Å². The van der Waals surface area contributed by atoms with Crippen molar-refractivity contribution in [3.63, 3.8) is 0 Å². The van der Waals surface area contributed by atoms with E-state index in [1.807, 2.05) is 17.8 Å². The van der Waals surface area contributed by atoms with Crippen molar-refractivity contribution in [1.29, 1.82) is 0 Å². The molecule has 1 aromatic heterocycles. The lowest BCUT2D eigenvalue weighted by atomic mass is 10.00. The van der Waals surface area contributed by atoms with Crippen LogP contribution in [0.15, 0.2) is 56.8 Å². The summed E-state index contributed by atoms with van der Waals surface area (Å²) in [6.07, 6.45) is 0.835. The number of hydrogen-bond acceptors (Lipinski definition) is 4. The Labute approximate surface area is 165 Å². The largest absolute Gasteiger partial charge is 0.281 e. The predicted molar refractivity (Wildman–Crippen MR) is 111 cm³/mol. The standard InChI is InChI=1S/C20H19BrN4S/c1-3-17-23-24-18-12-22-20(13-8-5-6-9-14(13)21)19-15(25(17)18)10-7-11-16(19)26-4-2/h5-11H,3-4,12H2,1-2H3. The normalized spacial score (nSPS) is 13.0. The smallest absolute Gasteiger partial charge is 0.159 e. The molecule has 4 rings (SSSR count). The zero-order valence-electron chi connectivity index (χ0n) is 14.7. The third-order valence-corrected chi connectivity index (χ3v) is 6.03. The molecule has 0 N–H and O–H groups in total. The zero-order chi connectivity index (χ0) is 18.1. The number of halogens is 1. The van der Waals surface area contributed by atoms with Crippen LogP contribution in [0.4, 0.5) is 0 Å². The number of thioether (sulfide) groups is 1. The first kappa shape index (κ1) is 17.5. The molecule has 4 nitrogen and oxygen atoms in total. The molecule has 0 aliphatic carbocycles. The summed E-state index contributed by atoms with van der Waals surface area (Å²) in [6.45, 7) is 4.81. The average Bonchev–Trinajstić information content (AvgIpc) is 2.99. The molecule has 0 amide bonds. The van der Waals surface area contributed by atoms with Gasteiger partial charge in [0, 0.05) is 26.9 Å². The zero-order valence-corrected chi connectivity index (χ0v) is 17.1. The van der Waals surface area contributed by atoms with Gasteiger partial charge >= 0.3 is 0 Å². The van der Waals surface area contributed by atoms with Gasteiger partial charge in [0.25, 0.3) is 0 Å². The minimum Gasteiger partial charge on any atom is -0.281 e. The van der Waals surface area contributed by atoms with E-state index >= 15 is 0 Å². The number of rotatable bonds is 4. The average molecular weight is 427 g/mol. The van der Waals surface area contributed by atoms with Crippen molar-refractivity contribution in [2.75, 3.05) is 5.75 Å². The SMILES string of the molecule is CCSc1cccc2c1C(c1ccccc1Br)=NCc1nnc(CC)n1-2. The Balaban J connectivity index is 2.03. The molecule has 0 saturated heterocycles. The van der Waals surface area contributed by atoms with E-state index in [0.717, 1.165) is 45.3 Å². The van der Waals surface area contributed by atoms with Gasteiger partial charge in [-0.3, -0.25) is 9.56 Å². The number of hydrogen-bond donors (Lipinski definition) is 0. The molecule has 132 valence electrons. The van der Waals surface area contributed by atoms with Crippen LogP contribution in [0.2, 0.25) is 0 Å². The van der Waals surface area contributed by atoms with Crippen LogP contribution in [0.25, 0.3) is 5.69 Å². The molecule has 0 atom stereocenters. The van der Waals surface area contributed by atoms with Crippen LogP contribution >= 0.6 is 27.7 Å². The summed E-state index contributed by atoms with van der Waals surface area (Å²) >= 11 is 5.55. The summed E-state index contributed by atoms with van der Waals surface area (Å²) in [5, 5.41) is 8.78. The fraction of sp³-hybridized carbons (Fsp3) is 0.250. The Bertz CT molecular complexity index is 993. The third-order valence-electron chi connectivity index (χ3n) is 4.40. The van der Waals surface area contributed by atoms with E-state index < -0.39 is 0 Å². The number of fused-ring (bicyclic) bond motifs is 3. The Morgan fingerprint density at radius 2 is 1.92 bits per heavy atom. The van der Waals surface area contributed by atoms with Gasteiger partial charge in [-0.15, -0.1) is 22.0 Å². The van der Waals surface area contributed by atoms with Gasteiger partial charge in [-0.05, 0) is 24.0 Å². The molecule has 0 fully saturated rings. The van der Waals surface area contributed by atoms with Crippen LogP contribution in [0.3, 0.4) is 0 Å². The lowest BCUT2D eigenvalue weighted by Gasteiger charge is -2.17. The van der Waals surface area contributed by atoms with Crippen molar-refractivity contribution >= 4 is 33.4 Å². The molecule has 0 radical (unpaired) electrons. The lowest BCUT2D eigenvalue weighted by molar-refractivity contribution is 0.838. The van der Waals surface area contributed by atoms with Crippen LogP contribution < -0.4 is 0 Å². The fourth-order valence-electron chi connectivity index (χ4n) is 3.28. The molecule has 1 aliphatic heterocycles. The summed E-state index contributed by atoms with van der Waals surface area (Å²) in [5.41, 5.74) is 4.40. The van der Waals surface area contributed by atoms with Gasteiger partial charge in [-0.1, -0.05) is 54.0 Å². The molecule has 0 saturated carbocycles. The fourth-order valence-corrected chi connectivity index (χ4v) is 4.59. The Hall–Kier alpha value is -1.92. The molecule has 26 heavy (non-hydrogen) atoms. The maximum atomic E-state index is 4.98. The van der Waals surface area contributed by atoms with Gasteiger partial charge in [0.2, 0.25) is 0 Å². The summed E-state index contributed by atoms with van der Waals surface area (Å²) in [4.78, 5) is 6.22. The quantitative estimate of drug-likeness (QED) is 0.547. The maximum absolute atomic E-state index is 4.98. The molecule has 1 aliphatic rings. The van der Waals surface area contributed by atoms with Gasteiger partial charge in [0.1, 0.15) is 12.4 Å². The van der Waals surface area contributed by atoms with Crippen molar-refractivity contribution in [3.8, 4) is 5.69 Å². The van der Waals surface area contributed by atoms with E-state index in [0.29, 0.717) is 6.54 Å². The van der Waals surface area contributed by atoms with Gasteiger partial charge in [-0.2, -0.15) is 0 Å². The molecule has 2 heterocycles. The highest BCUT2D eigenvalue weighted by Gasteiger charge is 2.25. The second-order valence-corrected chi connectivity index (χ2v) is 8.11. The monoisotopic (exact) mass is 426 g/mol. The highest BCUT2D eigenvalue weighted by Crippen LogP contribution is 2.34. The maximum Gasteiger partial charge on any atom is 0.159 e. The van der Waals surface area contributed by atoms with Gasteiger partial charge in [0.15, 0.2) is 5.82 Å². The number of benzene rings is 2. The topological polar surface area (TPSA) is 43.1 Å². The van der Waals surface area contributed by atoms with E-state index in [2.05, 4.69) is 80.9 Å². The van der Waals surface area contributed by atoms with Crippen molar-refractivity contribution in [2.45, 2.75) is 31.7 Å². The van der Waals surface area contributed by atoms with Crippen LogP contribution in [-0.2, 0) is 13.0 Å². The van der Waals surface area contributed by atoms with E-state index in [-0.39, 0.29) is 0 Å². The van der Waals surface area contributed by atoms with E-state index in [1.54, 1.807) is 0 Å². The molecular weight excluding hydrogens is 408 g/mol. The van der Waals surface area contributed by atoms with Crippen molar-refractivity contribution in [1.82, 2.24) is 14.8 Å². The molecule has 3 aromatic rings. The van der Waals surface area contributed by atoms with E-state index in [9.17, 15) is 0 Å². The van der Waals surface area contributed by atoms with Crippen molar-refractivity contribution in [3.05, 3.63) is 69.7 Å². The number of nitrogens with zero attached hydrogens (tertiary/aromatic N) is 4. The molecule has 0 spiro atoms. The minimum atomic E-state index is 0.522. The van der Waals surface area contributed by atoms with E-state index in [4.69, 9.17) is 4.99 Å². The first-order valence-corrected chi connectivity index (χ1v) is 10.5. The molecule has 0 bridgehead atoms. The Morgan fingerprint density at radius 3 is 2.69 bits per heavy atom. The van der Waals surface area contributed by atoms with E-state index in [1.165, 1.54) is 10.5 Å². The molecular formula is C20H19BrN4S. The van der Waals surface area contributed by atoms with Gasteiger partial charge < -0.3 is 0 Å². The van der Waals surface area contributed by atoms with Gasteiger partial charge in [-0.25, -0.2) is 0 Å². The second kappa shape index (κ2) is 7.37. The first-order valence-electron chi connectivity index (χ1n) is 8.73. The molecule has 0 unspecified atom stereocenters. The summed E-state index contributed by atoms with van der Waals surface area (Å²) in [6, 6.07) is 14.7.